The summed E-state index contributed by atoms with van der Waals surface area (Å²) in [5.74, 6) is -0.212. The van der Waals surface area contributed by atoms with E-state index in [1.54, 1.807) is 22.9 Å². The lowest BCUT2D eigenvalue weighted by atomic mass is 9.93. The third-order valence-electron chi connectivity index (χ3n) is 4.98. The van der Waals surface area contributed by atoms with Crippen molar-refractivity contribution in [1.29, 1.82) is 0 Å². The van der Waals surface area contributed by atoms with Crippen LogP contribution in [0.3, 0.4) is 0 Å². The molecule has 0 saturated heterocycles. The Morgan fingerprint density at radius 1 is 0.933 bits per heavy atom. The van der Waals surface area contributed by atoms with Crippen molar-refractivity contribution in [3.05, 3.63) is 96.2 Å². The minimum atomic E-state index is -0.322. The molecule has 2 amide bonds. The molecule has 3 aromatic carbocycles. The van der Waals surface area contributed by atoms with Crippen molar-refractivity contribution in [1.82, 2.24) is 4.90 Å². The predicted molar refractivity (Wildman–Crippen MR) is 121 cm³/mol. The number of carbonyl (C=O) groups excluding carboxylic acids is 2. The molecular weight excluding hydrogens is 392 g/mol. The van der Waals surface area contributed by atoms with E-state index in [4.69, 9.17) is 0 Å². The van der Waals surface area contributed by atoms with Gasteiger partial charge >= 0.3 is 0 Å². The smallest absolute Gasteiger partial charge is 0.226 e. The van der Waals surface area contributed by atoms with Crippen LogP contribution in [0.1, 0.15) is 30.5 Å². The molecule has 0 aromatic heterocycles. The Hall–Kier alpha value is -3.31. The van der Waals surface area contributed by atoms with Crippen LogP contribution in [0.15, 0.2) is 94.9 Å². The maximum Gasteiger partial charge on any atom is 0.226 e. The first-order valence-electron chi connectivity index (χ1n) is 9.79. The molecule has 4 rings (SSSR count). The first kappa shape index (κ1) is 20.0. The average molecular weight is 415 g/mol. The van der Waals surface area contributed by atoms with E-state index in [0.29, 0.717) is 0 Å². The van der Waals surface area contributed by atoms with Gasteiger partial charge in [-0.15, -0.1) is 0 Å². The third kappa shape index (κ3) is 4.47. The van der Waals surface area contributed by atoms with Gasteiger partial charge < -0.3 is 10.2 Å². The molecule has 1 unspecified atom stereocenters. The zero-order valence-electron chi connectivity index (χ0n) is 16.6. The van der Waals surface area contributed by atoms with Crippen LogP contribution in [-0.2, 0) is 9.59 Å². The monoisotopic (exact) mass is 414 g/mol. The van der Waals surface area contributed by atoms with Gasteiger partial charge in [0.05, 0.1) is 18.2 Å². The van der Waals surface area contributed by atoms with Crippen LogP contribution in [0.4, 0.5) is 5.69 Å². The number of hydrogen-bond donors (Lipinski definition) is 1. The molecule has 150 valence electrons. The van der Waals surface area contributed by atoms with Gasteiger partial charge in [0, 0.05) is 22.9 Å². The van der Waals surface area contributed by atoms with Gasteiger partial charge in [0.2, 0.25) is 11.8 Å². The molecular formula is C25H22N2O2S. The summed E-state index contributed by atoms with van der Waals surface area (Å²) in [6, 6.07) is 25.4. The maximum atomic E-state index is 13.0. The third-order valence-corrected chi connectivity index (χ3v) is 6.06. The summed E-state index contributed by atoms with van der Waals surface area (Å²) in [6.45, 7) is 1.52. The highest BCUT2D eigenvalue weighted by atomic mass is 32.2. The standard InChI is InChI=1S/C25H22N2O2S/c1-18(28)27-16-15-19-9-5-6-12-21(19)23(27)17-25(29)26-22-13-7-8-14-24(22)30-20-10-3-2-4-11-20/h2-16,23H,17H2,1H3,(H,26,29). The summed E-state index contributed by atoms with van der Waals surface area (Å²) in [5.41, 5.74) is 2.79. The fourth-order valence-corrected chi connectivity index (χ4v) is 4.49. The lowest BCUT2D eigenvalue weighted by molar-refractivity contribution is -0.129. The summed E-state index contributed by atoms with van der Waals surface area (Å²) in [7, 11) is 0. The van der Waals surface area contributed by atoms with E-state index in [9.17, 15) is 9.59 Å². The Labute approximate surface area is 180 Å². The zero-order valence-corrected chi connectivity index (χ0v) is 17.4. The highest BCUT2D eigenvalue weighted by Crippen LogP contribution is 2.35. The Kier molecular flexibility index (Phi) is 6.00. The number of nitrogens with one attached hydrogen (secondary N) is 1. The molecule has 0 radical (unpaired) electrons. The molecule has 0 spiro atoms. The molecule has 0 saturated carbocycles. The van der Waals surface area contributed by atoms with Crippen LogP contribution in [0, 0.1) is 0 Å². The van der Waals surface area contributed by atoms with E-state index in [1.165, 1.54) is 6.92 Å². The lowest BCUT2D eigenvalue weighted by Crippen LogP contribution is -2.33. The van der Waals surface area contributed by atoms with E-state index in [1.807, 2.05) is 84.9 Å². The van der Waals surface area contributed by atoms with Crippen LogP contribution in [0.2, 0.25) is 0 Å². The fourth-order valence-electron chi connectivity index (χ4n) is 3.56. The van der Waals surface area contributed by atoms with Gasteiger partial charge in [-0.05, 0) is 41.5 Å². The molecule has 5 heteroatoms. The summed E-state index contributed by atoms with van der Waals surface area (Å²) in [6.07, 6.45) is 3.87. The number of para-hydroxylation sites is 1. The van der Waals surface area contributed by atoms with Gasteiger partial charge in [-0.1, -0.05) is 66.4 Å². The van der Waals surface area contributed by atoms with Crippen LogP contribution in [0.5, 0.6) is 0 Å². The molecule has 0 aliphatic carbocycles. The second kappa shape index (κ2) is 9.01. The van der Waals surface area contributed by atoms with Crippen molar-refractivity contribution in [2.75, 3.05) is 5.32 Å². The Bertz CT molecular complexity index is 1100. The largest absolute Gasteiger partial charge is 0.325 e. The normalized spacial score (nSPS) is 14.8. The average Bonchev–Trinajstić information content (AvgIpc) is 2.76. The number of amides is 2. The van der Waals surface area contributed by atoms with Crippen molar-refractivity contribution in [3.8, 4) is 0 Å². The predicted octanol–water partition coefficient (Wildman–Crippen LogP) is 5.74. The zero-order chi connectivity index (χ0) is 20.9. The summed E-state index contributed by atoms with van der Waals surface area (Å²) in [5, 5.41) is 3.05. The van der Waals surface area contributed by atoms with Crippen molar-refractivity contribution >= 4 is 35.3 Å². The van der Waals surface area contributed by atoms with Gasteiger partial charge in [0.25, 0.3) is 0 Å². The van der Waals surface area contributed by atoms with Gasteiger partial charge in [0.1, 0.15) is 0 Å². The lowest BCUT2D eigenvalue weighted by Gasteiger charge is -2.32. The number of benzene rings is 3. The minimum Gasteiger partial charge on any atom is -0.325 e. The first-order chi connectivity index (χ1) is 14.6. The van der Waals surface area contributed by atoms with E-state index in [2.05, 4.69) is 5.32 Å². The quantitative estimate of drug-likeness (QED) is 0.579. The first-order valence-corrected chi connectivity index (χ1v) is 10.6. The number of fused-ring (bicyclic) bond motifs is 1. The van der Waals surface area contributed by atoms with Crippen molar-refractivity contribution in [2.24, 2.45) is 0 Å². The van der Waals surface area contributed by atoms with Crippen LogP contribution < -0.4 is 5.32 Å². The van der Waals surface area contributed by atoms with Gasteiger partial charge in [-0.25, -0.2) is 0 Å². The van der Waals surface area contributed by atoms with E-state index in [0.717, 1.165) is 26.6 Å². The number of nitrogens with zero attached hydrogens (tertiary/aromatic N) is 1. The van der Waals surface area contributed by atoms with Gasteiger partial charge in [-0.2, -0.15) is 0 Å². The van der Waals surface area contributed by atoms with Gasteiger partial charge in [-0.3, -0.25) is 9.59 Å². The van der Waals surface area contributed by atoms with Crippen LogP contribution in [0.25, 0.3) is 6.08 Å². The molecule has 1 aliphatic heterocycles. The number of rotatable bonds is 5. The molecule has 3 aromatic rings. The summed E-state index contributed by atoms with van der Waals surface area (Å²) >= 11 is 1.61. The van der Waals surface area contributed by atoms with Crippen molar-refractivity contribution < 1.29 is 9.59 Å². The fraction of sp³-hybridized carbons (Fsp3) is 0.120. The van der Waals surface area contributed by atoms with Gasteiger partial charge in [0.15, 0.2) is 0 Å². The van der Waals surface area contributed by atoms with Crippen molar-refractivity contribution in [2.45, 2.75) is 29.2 Å². The highest BCUT2D eigenvalue weighted by molar-refractivity contribution is 7.99. The Morgan fingerprint density at radius 2 is 1.63 bits per heavy atom. The number of carbonyl (C=O) groups is 2. The van der Waals surface area contributed by atoms with Crippen molar-refractivity contribution in [3.63, 3.8) is 0 Å². The second-order valence-electron chi connectivity index (χ2n) is 7.05. The SMILES string of the molecule is CC(=O)N1C=Cc2ccccc2C1CC(=O)Nc1ccccc1Sc1ccccc1. The molecule has 0 fully saturated rings. The minimum absolute atomic E-state index is 0.0846. The molecule has 1 heterocycles. The topological polar surface area (TPSA) is 49.4 Å². The molecule has 4 nitrogen and oxygen atoms in total. The molecule has 1 aliphatic rings. The Balaban J connectivity index is 1.53. The molecule has 1 N–H and O–H groups in total. The highest BCUT2D eigenvalue weighted by Gasteiger charge is 2.28. The van der Waals surface area contributed by atoms with E-state index in [-0.39, 0.29) is 24.3 Å². The van der Waals surface area contributed by atoms with E-state index < -0.39 is 0 Å². The van der Waals surface area contributed by atoms with E-state index >= 15 is 0 Å². The summed E-state index contributed by atoms with van der Waals surface area (Å²) < 4.78 is 0. The number of anilines is 1. The second-order valence-corrected chi connectivity index (χ2v) is 8.17. The maximum absolute atomic E-state index is 13.0. The molecule has 1 atom stereocenters. The van der Waals surface area contributed by atoms with Crippen LogP contribution >= 0.6 is 11.8 Å². The van der Waals surface area contributed by atoms with Crippen LogP contribution in [-0.4, -0.2) is 16.7 Å². The molecule has 0 bridgehead atoms. The Morgan fingerprint density at radius 3 is 2.43 bits per heavy atom. The number of hydrogen-bond acceptors (Lipinski definition) is 3. The molecule has 30 heavy (non-hydrogen) atoms. The summed E-state index contributed by atoms with van der Waals surface area (Å²) in [4.78, 5) is 28.8.